The van der Waals surface area contributed by atoms with Crippen molar-refractivity contribution in [3.63, 3.8) is 0 Å². The molecule has 0 aromatic rings. The molecule has 0 aliphatic heterocycles. The predicted octanol–water partition coefficient (Wildman–Crippen LogP) is 19.1. The zero-order valence-corrected chi connectivity index (χ0v) is 51.1. The summed E-state index contributed by atoms with van der Waals surface area (Å²) in [5.74, 6) is -0.230. The molecule has 3 atom stereocenters. The van der Waals surface area contributed by atoms with Crippen molar-refractivity contribution in [1.82, 2.24) is 5.32 Å². The zero-order chi connectivity index (χ0) is 55.6. The summed E-state index contributed by atoms with van der Waals surface area (Å²) in [5.41, 5.74) is 0. The number of phosphoric ester groups is 1. The van der Waals surface area contributed by atoms with E-state index in [0.717, 1.165) is 83.5 Å². The normalized spacial score (nSPS) is 14.5. The topological polar surface area (TPSA) is 108 Å². The SMILES string of the molecule is CC/C=C\C/C=C\C/C=C\C/C=C\C/C=C\C/C=C\C/C=C\CCCCCC(=O)NC(COP(=O)([O-])OCC[N+](C)(C)C)C(O)/C=C/CCCCCCCCCCCCCCCCCCCCCCCCCCCCC. The molecule has 9 heteroatoms. The second-order valence-electron chi connectivity index (χ2n) is 22.4. The second kappa shape index (κ2) is 57.1. The zero-order valence-electron chi connectivity index (χ0n) is 50.2. The third-order valence-electron chi connectivity index (χ3n) is 13.8. The lowest BCUT2D eigenvalue weighted by molar-refractivity contribution is -0.870. The largest absolute Gasteiger partial charge is 0.756 e. The van der Waals surface area contributed by atoms with Gasteiger partial charge >= 0.3 is 0 Å². The Morgan fingerprint density at radius 2 is 0.803 bits per heavy atom. The number of aliphatic hydroxyl groups excluding tert-OH is 1. The van der Waals surface area contributed by atoms with Crippen LogP contribution >= 0.6 is 7.82 Å². The van der Waals surface area contributed by atoms with Gasteiger partial charge in [0.1, 0.15) is 13.2 Å². The highest BCUT2D eigenvalue weighted by Gasteiger charge is 2.23. The van der Waals surface area contributed by atoms with Gasteiger partial charge in [-0.3, -0.25) is 9.36 Å². The molecule has 1 amide bonds. The number of amides is 1. The van der Waals surface area contributed by atoms with Crippen LogP contribution in [0.3, 0.4) is 0 Å². The Bertz CT molecular complexity index is 1560. The van der Waals surface area contributed by atoms with E-state index in [1.54, 1.807) is 6.08 Å². The maximum atomic E-state index is 13.0. The molecule has 0 saturated heterocycles. The number of hydrogen-bond donors (Lipinski definition) is 2. The van der Waals surface area contributed by atoms with Gasteiger partial charge in [0.15, 0.2) is 0 Å². The molecule has 0 aliphatic carbocycles. The first-order valence-corrected chi connectivity index (χ1v) is 33.1. The summed E-state index contributed by atoms with van der Waals surface area (Å²) in [5, 5.41) is 13.9. The highest BCUT2D eigenvalue weighted by atomic mass is 31.2. The van der Waals surface area contributed by atoms with Gasteiger partial charge in [0.05, 0.1) is 39.9 Å². The van der Waals surface area contributed by atoms with Gasteiger partial charge < -0.3 is 28.8 Å². The van der Waals surface area contributed by atoms with Crippen LogP contribution in [0.5, 0.6) is 0 Å². The van der Waals surface area contributed by atoms with E-state index >= 15 is 0 Å². The fraction of sp³-hybridized carbons (Fsp3) is 0.746. The lowest BCUT2D eigenvalue weighted by atomic mass is 10.0. The van der Waals surface area contributed by atoms with Crippen molar-refractivity contribution < 1.29 is 32.9 Å². The number of nitrogens with zero attached hydrogens (tertiary/aromatic N) is 1. The molecule has 440 valence electrons. The van der Waals surface area contributed by atoms with Crippen LogP contribution < -0.4 is 10.2 Å². The first-order valence-electron chi connectivity index (χ1n) is 31.6. The molecule has 0 rings (SSSR count). The molecular weight excluding hydrogens is 960 g/mol. The van der Waals surface area contributed by atoms with Gasteiger partial charge in [-0.1, -0.05) is 284 Å². The van der Waals surface area contributed by atoms with Crippen LogP contribution in [0.25, 0.3) is 0 Å². The van der Waals surface area contributed by atoms with E-state index in [1.165, 1.54) is 161 Å². The van der Waals surface area contributed by atoms with Crippen LogP contribution in [0.15, 0.2) is 97.2 Å². The van der Waals surface area contributed by atoms with Crippen LogP contribution in [0.2, 0.25) is 0 Å². The molecule has 2 N–H and O–H groups in total. The number of carbonyl (C=O) groups is 1. The summed E-state index contributed by atoms with van der Waals surface area (Å²) < 4.78 is 23.4. The Kier molecular flexibility index (Phi) is 55.2. The maximum absolute atomic E-state index is 13.0. The molecule has 0 aliphatic rings. The minimum Gasteiger partial charge on any atom is -0.756 e. The molecule has 0 aromatic carbocycles. The number of quaternary nitrogens is 1. The van der Waals surface area contributed by atoms with Crippen LogP contribution in [-0.2, 0) is 18.4 Å². The van der Waals surface area contributed by atoms with Crippen molar-refractivity contribution in [3.8, 4) is 0 Å². The summed E-state index contributed by atoms with van der Waals surface area (Å²) in [7, 11) is 1.23. The Labute approximate surface area is 470 Å². The standard InChI is InChI=1S/C67H121N2O6P/c1-6-8-10-12-14-16-18-20-22-24-26-28-30-32-33-34-35-37-38-40-42-44-46-48-50-52-54-56-58-60-66(70)65(64-75-76(72,73)74-63-62-69(3,4)5)68-67(71)61-59-57-55-53-51-49-47-45-43-41-39-36-31-29-27-25-23-21-19-17-15-13-11-9-7-2/h9,11,15,17,21,23,27,29,36,39,43,45,49,51,58,60,65-66,70H,6-8,10,12-14,16,18-20,22,24-26,28,30-35,37-38,40-42,44,46-48,50,52-57,59,61-64H2,1-5H3,(H-,68,71,72,73)/b11-9-,17-15-,23-21-,29-27-,39-36-,45-43-,51-49-,60-58+. The summed E-state index contributed by atoms with van der Waals surface area (Å²) in [6.07, 6.45) is 82.2. The Balaban J connectivity index is 4.23. The fourth-order valence-corrected chi connectivity index (χ4v) is 9.62. The van der Waals surface area contributed by atoms with E-state index in [2.05, 4.69) is 104 Å². The molecule has 0 fully saturated rings. The number of hydrogen-bond acceptors (Lipinski definition) is 6. The van der Waals surface area contributed by atoms with Gasteiger partial charge in [0, 0.05) is 6.42 Å². The van der Waals surface area contributed by atoms with Gasteiger partial charge in [0.25, 0.3) is 7.82 Å². The predicted molar refractivity (Wildman–Crippen MR) is 329 cm³/mol. The Morgan fingerprint density at radius 3 is 1.17 bits per heavy atom. The second-order valence-corrected chi connectivity index (χ2v) is 23.8. The lowest BCUT2D eigenvalue weighted by Gasteiger charge is -2.29. The average Bonchev–Trinajstić information content (AvgIpc) is 3.38. The average molecular weight is 1080 g/mol. The number of phosphoric acid groups is 1. The third kappa shape index (κ3) is 59.1. The van der Waals surface area contributed by atoms with E-state index in [-0.39, 0.29) is 12.5 Å². The Morgan fingerprint density at radius 1 is 0.474 bits per heavy atom. The first-order chi connectivity index (χ1) is 37.0. The van der Waals surface area contributed by atoms with Crippen molar-refractivity contribution in [2.24, 2.45) is 0 Å². The quantitative estimate of drug-likeness (QED) is 0.0272. The molecule has 76 heavy (non-hydrogen) atoms. The fourth-order valence-electron chi connectivity index (χ4n) is 8.90. The van der Waals surface area contributed by atoms with E-state index in [9.17, 15) is 19.4 Å². The number of nitrogens with one attached hydrogen (secondary N) is 1. The van der Waals surface area contributed by atoms with E-state index in [0.29, 0.717) is 23.9 Å². The maximum Gasteiger partial charge on any atom is 0.268 e. The van der Waals surface area contributed by atoms with E-state index in [1.807, 2.05) is 27.2 Å². The summed E-state index contributed by atoms with van der Waals surface area (Å²) in [4.78, 5) is 25.6. The van der Waals surface area contributed by atoms with E-state index in [4.69, 9.17) is 9.05 Å². The van der Waals surface area contributed by atoms with Crippen LogP contribution in [0.4, 0.5) is 0 Å². The van der Waals surface area contributed by atoms with E-state index < -0.39 is 26.6 Å². The van der Waals surface area contributed by atoms with Crippen LogP contribution in [-0.4, -0.2) is 68.5 Å². The summed E-state index contributed by atoms with van der Waals surface area (Å²) >= 11 is 0. The molecule has 0 spiro atoms. The van der Waals surface area contributed by atoms with Crippen LogP contribution in [0.1, 0.15) is 271 Å². The molecule has 0 radical (unpaired) electrons. The van der Waals surface area contributed by atoms with Gasteiger partial charge in [0.2, 0.25) is 5.91 Å². The molecule has 0 saturated carbocycles. The van der Waals surface area contributed by atoms with Crippen LogP contribution in [0, 0.1) is 0 Å². The number of rotatable bonds is 57. The molecule has 8 nitrogen and oxygen atoms in total. The number of unbranched alkanes of at least 4 members (excludes halogenated alkanes) is 30. The molecular formula is C67H121N2O6P. The van der Waals surface area contributed by atoms with Gasteiger partial charge in [-0.25, -0.2) is 0 Å². The van der Waals surface area contributed by atoms with Crippen molar-refractivity contribution in [1.29, 1.82) is 0 Å². The minimum absolute atomic E-state index is 0.0128. The van der Waals surface area contributed by atoms with Gasteiger partial charge in [-0.2, -0.15) is 0 Å². The number of likely N-dealkylation sites (N-methyl/N-ethyl adjacent to an activating group) is 1. The monoisotopic (exact) mass is 1080 g/mol. The molecule has 3 unspecified atom stereocenters. The highest BCUT2D eigenvalue weighted by molar-refractivity contribution is 7.45. The summed E-state index contributed by atoms with van der Waals surface area (Å²) in [6, 6.07) is -0.913. The molecule has 0 aromatic heterocycles. The van der Waals surface area contributed by atoms with Gasteiger partial charge in [-0.05, 0) is 77.0 Å². The van der Waals surface area contributed by atoms with Gasteiger partial charge in [-0.15, -0.1) is 0 Å². The molecule has 0 heterocycles. The number of carbonyl (C=O) groups excluding carboxylic acids is 1. The molecule has 0 bridgehead atoms. The van der Waals surface area contributed by atoms with Crippen molar-refractivity contribution in [3.05, 3.63) is 97.2 Å². The smallest absolute Gasteiger partial charge is 0.268 e. The van der Waals surface area contributed by atoms with Crippen molar-refractivity contribution in [2.75, 3.05) is 40.9 Å². The first kappa shape index (κ1) is 73.4. The Hall–Kier alpha value is -2.58. The van der Waals surface area contributed by atoms with Crippen molar-refractivity contribution >= 4 is 13.7 Å². The highest BCUT2D eigenvalue weighted by Crippen LogP contribution is 2.38. The third-order valence-corrected chi connectivity index (χ3v) is 14.8. The minimum atomic E-state index is -4.62. The number of allylic oxidation sites excluding steroid dienone is 15. The lowest BCUT2D eigenvalue weighted by Crippen LogP contribution is -2.45. The van der Waals surface area contributed by atoms with Crippen molar-refractivity contribution in [2.45, 2.75) is 283 Å². The summed E-state index contributed by atoms with van der Waals surface area (Å²) in [6.45, 7) is 4.53. The number of aliphatic hydroxyl groups is 1.